The van der Waals surface area contributed by atoms with Crippen LogP contribution in [0.2, 0.25) is 0 Å². The van der Waals surface area contributed by atoms with Crippen LogP contribution in [0.5, 0.6) is 0 Å². The molecule has 2 rings (SSSR count). The van der Waals surface area contributed by atoms with Crippen LogP contribution in [0.4, 0.5) is 5.82 Å². The third-order valence-electron chi connectivity index (χ3n) is 3.13. The maximum Gasteiger partial charge on any atom is 0.339 e. The van der Waals surface area contributed by atoms with Crippen LogP contribution in [-0.4, -0.2) is 25.1 Å². The third-order valence-corrected chi connectivity index (χ3v) is 3.13. The molecule has 0 aliphatic rings. The molecule has 104 valence electrons. The molecular weight excluding hydrogens is 252 g/mol. The molecule has 20 heavy (non-hydrogen) atoms. The summed E-state index contributed by atoms with van der Waals surface area (Å²) >= 11 is 0. The molecule has 0 radical (unpaired) electrons. The van der Waals surface area contributed by atoms with Crippen molar-refractivity contribution in [3.63, 3.8) is 0 Å². The van der Waals surface area contributed by atoms with Crippen LogP contribution in [0.25, 0.3) is 0 Å². The number of hydrogen-bond acceptors (Lipinski definition) is 4. The van der Waals surface area contributed by atoms with Gasteiger partial charge in [-0.15, -0.1) is 0 Å². The number of aromatic nitrogens is 1. The van der Waals surface area contributed by atoms with Crippen molar-refractivity contribution in [1.82, 2.24) is 4.98 Å². The summed E-state index contributed by atoms with van der Waals surface area (Å²) in [7, 11) is 3.35. The summed E-state index contributed by atoms with van der Waals surface area (Å²) in [5, 5.41) is 0. The number of rotatable bonds is 4. The van der Waals surface area contributed by atoms with Gasteiger partial charge in [0.25, 0.3) is 0 Å². The Balaban J connectivity index is 2.17. The van der Waals surface area contributed by atoms with E-state index < -0.39 is 0 Å². The van der Waals surface area contributed by atoms with Crippen LogP contribution in [0.1, 0.15) is 21.6 Å². The number of ether oxygens (including phenoxy) is 1. The van der Waals surface area contributed by atoms with Crippen molar-refractivity contribution in [2.75, 3.05) is 19.1 Å². The fourth-order valence-corrected chi connectivity index (χ4v) is 2.02. The first-order valence-corrected chi connectivity index (χ1v) is 6.43. The average molecular weight is 270 g/mol. The van der Waals surface area contributed by atoms with Gasteiger partial charge in [0.15, 0.2) is 0 Å². The molecular formula is C16H18N2O2. The van der Waals surface area contributed by atoms with E-state index in [1.54, 1.807) is 6.07 Å². The van der Waals surface area contributed by atoms with Gasteiger partial charge in [-0.25, -0.2) is 9.78 Å². The smallest absolute Gasteiger partial charge is 0.339 e. The van der Waals surface area contributed by atoms with Crippen LogP contribution in [0.15, 0.2) is 42.5 Å². The number of esters is 1. The summed E-state index contributed by atoms with van der Waals surface area (Å²) in [5.41, 5.74) is 2.39. The molecule has 0 saturated heterocycles. The van der Waals surface area contributed by atoms with Gasteiger partial charge in [0.1, 0.15) is 5.82 Å². The highest BCUT2D eigenvalue weighted by atomic mass is 16.5. The molecule has 4 heteroatoms. The fraction of sp³-hybridized carbons (Fsp3) is 0.250. The minimum absolute atomic E-state index is 0.354. The van der Waals surface area contributed by atoms with Gasteiger partial charge in [-0.2, -0.15) is 0 Å². The topological polar surface area (TPSA) is 42.4 Å². The number of carbonyl (C=O) groups is 1. The first-order valence-electron chi connectivity index (χ1n) is 6.43. The van der Waals surface area contributed by atoms with Gasteiger partial charge in [-0.3, -0.25) is 0 Å². The molecule has 0 amide bonds. The Kier molecular flexibility index (Phi) is 4.35. The van der Waals surface area contributed by atoms with Gasteiger partial charge in [0.2, 0.25) is 0 Å². The molecule has 0 spiro atoms. The van der Waals surface area contributed by atoms with Crippen molar-refractivity contribution >= 4 is 11.8 Å². The normalized spacial score (nSPS) is 10.2. The summed E-state index contributed by atoms with van der Waals surface area (Å²) in [4.78, 5) is 18.0. The largest absolute Gasteiger partial charge is 0.465 e. The molecule has 0 aliphatic carbocycles. The zero-order chi connectivity index (χ0) is 14.5. The molecule has 0 fully saturated rings. The minimum atomic E-state index is -0.354. The van der Waals surface area contributed by atoms with Crippen LogP contribution in [0, 0.1) is 6.92 Å². The molecule has 0 unspecified atom stereocenters. The molecule has 0 aliphatic heterocycles. The van der Waals surface area contributed by atoms with Crippen molar-refractivity contribution in [2.24, 2.45) is 0 Å². The lowest BCUT2D eigenvalue weighted by Crippen LogP contribution is -2.18. The summed E-state index contributed by atoms with van der Waals surface area (Å²) in [6.07, 6.45) is 0. The van der Waals surface area contributed by atoms with Gasteiger partial charge in [0.05, 0.1) is 18.4 Å². The van der Waals surface area contributed by atoms with Gasteiger partial charge in [-0.1, -0.05) is 30.3 Å². The zero-order valence-corrected chi connectivity index (χ0v) is 12.0. The number of benzene rings is 1. The Morgan fingerprint density at radius 3 is 2.50 bits per heavy atom. The Bertz CT molecular complexity index is 597. The number of methoxy groups -OCH3 is 1. The summed E-state index contributed by atoms with van der Waals surface area (Å²) < 4.78 is 4.72. The predicted molar refractivity (Wildman–Crippen MR) is 78.9 cm³/mol. The van der Waals surface area contributed by atoms with Gasteiger partial charge < -0.3 is 9.64 Å². The maximum absolute atomic E-state index is 11.5. The van der Waals surface area contributed by atoms with E-state index in [9.17, 15) is 4.79 Å². The molecule has 1 aromatic carbocycles. The lowest BCUT2D eigenvalue weighted by Gasteiger charge is -2.19. The van der Waals surface area contributed by atoms with Crippen molar-refractivity contribution in [3.8, 4) is 0 Å². The van der Waals surface area contributed by atoms with Gasteiger partial charge >= 0.3 is 5.97 Å². The second-order valence-electron chi connectivity index (χ2n) is 4.64. The first kappa shape index (κ1) is 14.1. The number of pyridine rings is 1. The van der Waals surface area contributed by atoms with E-state index in [2.05, 4.69) is 17.1 Å². The van der Waals surface area contributed by atoms with E-state index in [-0.39, 0.29) is 5.97 Å². The van der Waals surface area contributed by atoms with Crippen LogP contribution in [0.3, 0.4) is 0 Å². The molecule has 4 nitrogen and oxygen atoms in total. The summed E-state index contributed by atoms with van der Waals surface area (Å²) in [6, 6.07) is 13.8. The Morgan fingerprint density at radius 2 is 1.90 bits per heavy atom. The molecule has 2 aromatic rings. The quantitative estimate of drug-likeness (QED) is 0.801. The van der Waals surface area contributed by atoms with Crippen molar-refractivity contribution in [2.45, 2.75) is 13.5 Å². The van der Waals surface area contributed by atoms with Gasteiger partial charge in [0, 0.05) is 13.6 Å². The minimum Gasteiger partial charge on any atom is -0.465 e. The van der Waals surface area contributed by atoms with Crippen molar-refractivity contribution in [3.05, 3.63) is 59.3 Å². The highest BCUT2D eigenvalue weighted by molar-refractivity contribution is 5.90. The van der Waals surface area contributed by atoms with Crippen LogP contribution < -0.4 is 4.90 Å². The van der Waals surface area contributed by atoms with E-state index in [1.807, 2.05) is 43.1 Å². The lowest BCUT2D eigenvalue weighted by molar-refractivity contribution is 0.0599. The maximum atomic E-state index is 11.5. The Labute approximate surface area is 119 Å². The van der Waals surface area contributed by atoms with E-state index >= 15 is 0 Å². The molecule has 0 bridgehead atoms. The molecule has 1 heterocycles. The van der Waals surface area contributed by atoms with E-state index in [0.717, 1.165) is 12.4 Å². The summed E-state index contributed by atoms with van der Waals surface area (Å²) in [6.45, 7) is 2.58. The number of hydrogen-bond donors (Lipinski definition) is 0. The van der Waals surface area contributed by atoms with Crippen LogP contribution in [-0.2, 0) is 11.3 Å². The monoisotopic (exact) mass is 270 g/mol. The number of anilines is 1. The number of carbonyl (C=O) groups excluding carboxylic acids is 1. The van der Waals surface area contributed by atoms with Crippen molar-refractivity contribution < 1.29 is 9.53 Å². The van der Waals surface area contributed by atoms with E-state index in [1.165, 1.54) is 12.7 Å². The third kappa shape index (κ3) is 3.15. The lowest BCUT2D eigenvalue weighted by atomic mass is 10.2. The second kappa shape index (κ2) is 6.19. The fourth-order valence-electron chi connectivity index (χ4n) is 2.02. The average Bonchev–Trinajstić information content (AvgIpc) is 2.47. The highest BCUT2D eigenvalue weighted by Crippen LogP contribution is 2.16. The van der Waals surface area contributed by atoms with Crippen LogP contribution >= 0.6 is 0 Å². The van der Waals surface area contributed by atoms with E-state index in [4.69, 9.17) is 4.74 Å². The van der Waals surface area contributed by atoms with E-state index in [0.29, 0.717) is 11.3 Å². The highest BCUT2D eigenvalue weighted by Gasteiger charge is 2.12. The molecule has 0 N–H and O–H groups in total. The molecule has 0 saturated carbocycles. The SMILES string of the molecule is COC(=O)c1ccc(N(C)Cc2ccccc2)nc1C. The summed E-state index contributed by atoms with van der Waals surface area (Å²) in [5.74, 6) is 0.478. The molecule has 0 atom stereocenters. The standard InChI is InChI=1S/C16H18N2O2/c1-12-14(16(19)20-3)9-10-15(17-12)18(2)11-13-7-5-4-6-8-13/h4-10H,11H2,1-3H3. The Morgan fingerprint density at radius 1 is 1.20 bits per heavy atom. The second-order valence-corrected chi connectivity index (χ2v) is 4.64. The van der Waals surface area contributed by atoms with Gasteiger partial charge in [-0.05, 0) is 24.6 Å². The zero-order valence-electron chi connectivity index (χ0n) is 12.0. The van der Waals surface area contributed by atoms with Crippen molar-refractivity contribution in [1.29, 1.82) is 0 Å². The first-order chi connectivity index (χ1) is 9.61. The predicted octanol–water partition coefficient (Wildman–Crippen LogP) is 2.81. The molecule has 1 aromatic heterocycles. The Hall–Kier alpha value is -2.36. The number of nitrogens with zero attached hydrogens (tertiary/aromatic N) is 2. The number of aryl methyl sites for hydroxylation is 1.